The lowest BCUT2D eigenvalue weighted by atomic mass is 9.89. The molecule has 7 nitrogen and oxygen atoms in total. The molecule has 8 heteroatoms. The smallest absolute Gasteiger partial charge is 0.339 e. The zero-order valence-corrected chi connectivity index (χ0v) is 18.0. The summed E-state index contributed by atoms with van der Waals surface area (Å²) in [4.78, 5) is 11.6. The molecule has 1 unspecified atom stereocenters. The maximum atomic E-state index is 11.6. The molecule has 1 aromatic heterocycles. The molecule has 0 bridgehead atoms. The number of unbranched alkanes of at least 4 members (excludes halogenated alkanes) is 1. The summed E-state index contributed by atoms with van der Waals surface area (Å²) in [6, 6.07) is 5.51. The number of hydrogen-bond donors (Lipinski definition) is 2. The van der Waals surface area contributed by atoms with Crippen LogP contribution in [0, 0.1) is 0 Å². The Bertz CT molecular complexity index is 986. The summed E-state index contributed by atoms with van der Waals surface area (Å²) >= 11 is 6.48. The molecule has 1 aliphatic heterocycles. The Balaban J connectivity index is 2.07. The molecular formula is C22H27ClN2O5. The number of nitrogens with zero attached hydrogens (tertiary/aromatic N) is 2. The van der Waals surface area contributed by atoms with Gasteiger partial charge < -0.3 is 24.4 Å². The second-order valence-electron chi connectivity index (χ2n) is 7.40. The molecule has 1 atom stereocenters. The van der Waals surface area contributed by atoms with E-state index in [-0.39, 0.29) is 17.0 Å². The fourth-order valence-corrected chi connectivity index (χ4v) is 4.07. The minimum atomic E-state index is -1.13. The molecule has 3 rings (SSSR count). The second-order valence-corrected chi connectivity index (χ2v) is 7.81. The normalized spacial score (nSPS) is 15.6. The van der Waals surface area contributed by atoms with E-state index in [0.717, 1.165) is 48.9 Å². The van der Waals surface area contributed by atoms with Crippen molar-refractivity contribution in [2.24, 2.45) is 5.16 Å². The van der Waals surface area contributed by atoms with Crippen LogP contribution < -0.4 is 10.1 Å². The first-order valence-electron chi connectivity index (χ1n) is 10.1. The number of carbonyl (C=O) groups is 1. The van der Waals surface area contributed by atoms with E-state index >= 15 is 0 Å². The van der Waals surface area contributed by atoms with Crippen molar-refractivity contribution < 1.29 is 24.6 Å². The predicted octanol–water partition coefficient (Wildman–Crippen LogP) is 4.50. The van der Waals surface area contributed by atoms with Gasteiger partial charge in [-0.15, -0.1) is 0 Å². The first kappa shape index (κ1) is 22.2. The van der Waals surface area contributed by atoms with Crippen molar-refractivity contribution >= 4 is 17.6 Å². The molecule has 2 N–H and O–H groups in total. The van der Waals surface area contributed by atoms with Gasteiger partial charge in [0.25, 0.3) is 0 Å². The van der Waals surface area contributed by atoms with E-state index in [1.165, 1.54) is 0 Å². The molecule has 0 amide bonds. The number of halogens is 1. The summed E-state index contributed by atoms with van der Waals surface area (Å²) in [5.74, 6) is -0.501. The molecule has 1 aromatic carbocycles. The quantitative estimate of drug-likeness (QED) is 0.344. The van der Waals surface area contributed by atoms with Crippen molar-refractivity contribution in [3.8, 4) is 17.0 Å². The molecule has 2 heterocycles. The van der Waals surface area contributed by atoms with Crippen LogP contribution in [0.5, 0.6) is 5.75 Å². The van der Waals surface area contributed by atoms with Crippen LogP contribution in [0.1, 0.15) is 54.6 Å². The van der Waals surface area contributed by atoms with Gasteiger partial charge in [0.05, 0.1) is 17.3 Å². The van der Waals surface area contributed by atoms with Crippen LogP contribution in [0.25, 0.3) is 11.3 Å². The van der Waals surface area contributed by atoms with E-state index < -0.39 is 5.97 Å². The highest BCUT2D eigenvalue weighted by molar-refractivity contribution is 6.32. The van der Waals surface area contributed by atoms with E-state index in [1.807, 2.05) is 16.7 Å². The van der Waals surface area contributed by atoms with Crippen molar-refractivity contribution in [2.75, 3.05) is 20.3 Å². The Hall–Kier alpha value is -2.51. The lowest BCUT2D eigenvalue weighted by Crippen LogP contribution is -2.26. The minimum Gasteiger partial charge on any atom is -0.492 e. The van der Waals surface area contributed by atoms with Crippen LogP contribution >= 0.6 is 11.6 Å². The summed E-state index contributed by atoms with van der Waals surface area (Å²) in [6.07, 6.45) is 6.06. The lowest BCUT2D eigenvalue weighted by Gasteiger charge is -2.31. The number of carboxylic acids is 1. The molecule has 0 saturated carbocycles. The largest absolute Gasteiger partial charge is 0.492 e. The van der Waals surface area contributed by atoms with Gasteiger partial charge in [-0.25, -0.2) is 4.79 Å². The third-order valence-corrected chi connectivity index (χ3v) is 5.65. The van der Waals surface area contributed by atoms with Gasteiger partial charge in [-0.1, -0.05) is 36.5 Å². The fourth-order valence-electron chi connectivity index (χ4n) is 3.85. The Labute approximate surface area is 180 Å². The number of carboxylic acid groups (broad SMARTS) is 1. The van der Waals surface area contributed by atoms with E-state index in [2.05, 4.69) is 12.1 Å². The van der Waals surface area contributed by atoms with Crippen LogP contribution in [0.3, 0.4) is 0 Å². The summed E-state index contributed by atoms with van der Waals surface area (Å²) < 4.78 is 12.9. The summed E-state index contributed by atoms with van der Waals surface area (Å²) in [7, 11) is 1.65. The Morgan fingerprint density at radius 3 is 2.77 bits per heavy atom. The predicted molar refractivity (Wildman–Crippen MR) is 113 cm³/mol. The highest BCUT2D eigenvalue weighted by Crippen LogP contribution is 2.41. The van der Waals surface area contributed by atoms with E-state index in [4.69, 9.17) is 21.1 Å². The van der Waals surface area contributed by atoms with Gasteiger partial charge in [-0.05, 0) is 36.6 Å². The van der Waals surface area contributed by atoms with Gasteiger partial charge in [0.2, 0.25) is 0 Å². The third kappa shape index (κ3) is 4.63. The topological polar surface area (TPSA) is 93.3 Å². The van der Waals surface area contributed by atoms with Gasteiger partial charge >= 0.3 is 5.97 Å². The maximum Gasteiger partial charge on any atom is 0.339 e. The van der Waals surface area contributed by atoms with Crippen LogP contribution in [0.2, 0.25) is 5.02 Å². The van der Waals surface area contributed by atoms with Crippen molar-refractivity contribution in [3.63, 3.8) is 0 Å². The molecule has 0 aliphatic carbocycles. The minimum absolute atomic E-state index is 0.0202. The summed E-state index contributed by atoms with van der Waals surface area (Å²) in [5, 5.41) is 22.6. The lowest BCUT2D eigenvalue weighted by molar-refractivity contribution is 0.0692. The Kier molecular flexibility index (Phi) is 7.39. The molecular weight excluding hydrogens is 408 g/mol. The van der Waals surface area contributed by atoms with E-state index in [0.29, 0.717) is 24.0 Å². The number of hydrogen-bond acceptors (Lipinski definition) is 5. The van der Waals surface area contributed by atoms with Gasteiger partial charge in [-0.2, -0.15) is 0 Å². The summed E-state index contributed by atoms with van der Waals surface area (Å²) in [5.41, 5.74) is 2.71. The number of fused-ring (bicyclic) bond motifs is 3. The van der Waals surface area contributed by atoms with Crippen molar-refractivity contribution in [1.29, 1.82) is 0 Å². The highest BCUT2D eigenvalue weighted by atomic mass is 35.5. The third-order valence-electron chi connectivity index (χ3n) is 5.36. The van der Waals surface area contributed by atoms with Gasteiger partial charge in [-0.3, -0.25) is 0 Å². The van der Waals surface area contributed by atoms with Crippen LogP contribution in [-0.2, 0) is 11.2 Å². The highest BCUT2D eigenvalue weighted by Gasteiger charge is 2.26. The van der Waals surface area contributed by atoms with Crippen molar-refractivity contribution in [3.05, 3.63) is 45.9 Å². The molecule has 162 valence electrons. The number of ether oxygens (including phenoxy) is 2. The zero-order valence-electron chi connectivity index (χ0n) is 17.2. The molecule has 0 spiro atoms. The molecule has 0 saturated heterocycles. The first-order chi connectivity index (χ1) is 14.5. The maximum absolute atomic E-state index is 11.6. The number of rotatable bonds is 9. The molecule has 30 heavy (non-hydrogen) atoms. The Morgan fingerprint density at radius 2 is 2.10 bits per heavy atom. The Morgan fingerprint density at radius 1 is 1.30 bits per heavy atom. The van der Waals surface area contributed by atoms with Crippen molar-refractivity contribution in [2.45, 2.75) is 45.1 Å². The molecule has 0 radical (unpaired) electrons. The standard InChI is InChI=1S/C22H27ClN2O5/c1-3-4-6-15-9-14-10-21(30-8-5-7-29-2)18(23)11-16(14)20-12-19(24-28)17(22(26)27)13-25(15)20/h10-13,15,28H,3-9H2,1-2H3,(H,26,27). The number of methoxy groups -OCH3 is 1. The number of pyridine rings is 1. The van der Waals surface area contributed by atoms with Crippen molar-refractivity contribution in [1.82, 2.24) is 4.57 Å². The average Bonchev–Trinajstić information content (AvgIpc) is 2.74. The number of benzene rings is 1. The van der Waals surface area contributed by atoms with Gasteiger partial charge in [0.15, 0.2) is 0 Å². The van der Waals surface area contributed by atoms with E-state index in [1.54, 1.807) is 19.4 Å². The van der Waals surface area contributed by atoms with Gasteiger partial charge in [0.1, 0.15) is 16.7 Å². The zero-order chi connectivity index (χ0) is 21.7. The first-order valence-corrected chi connectivity index (χ1v) is 10.5. The monoisotopic (exact) mass is 434 g/mol. The van der Waals surface area contributed by atoms with Gasteiger partial charge in [0, 0.05) is 37.9 Å². The average molecular weight is 435 g/mol. The fraction of sp³-hybridized carbons (Fsp3) is 0.455. The SMILES string of the molecule is CCCCC1Cc2cc(OCCCOC)c(Cl)cc2-c2cc(=NO)c(C(=O)O)cn21. The molecule has 2 aromatic rings. The van der Waals surface area contributed by atoms with Crippen LogP contribution in [0.15, 0.2) is 29.6 Å². The number of aromatic nitrogens is 1. The van der Waals surface area contributed by atoms with E-state index in [9.17, 15) is 15.1 Å². The van der Waals surface area contributed by atoms with Crippen LogP contribution in [-0.4, -0.2) is 41.2 Å². The molecule has 1 aliphatic rings. The second kappa shape index (κ2) is 10.00. The van der Waals surface area contributed by atoms with Crippen LogP contribution in [0.4, 0.5) is 0 Å². The summed E-state index contributed by atoms with van der Waals surface area (Å²) in [6.45, 7) is 3.25. The number of aromatic carboxylic acids is 1. The molecule has 0 fully saturated rings.